The van der Waals surface area contributed by atoms with Crippen molar-refractivity contribution < 1.29 is 29.0 Å². The van der Waals surface area contributed by atoms with E-state index >= 15 is 0 Å². The van der Waals surface area contributed by atoms with Crippen molar-refractivity contribution in [1.29, 1.82) is 0 Å². The zero-order chi connectivity index (χ0) is 14.6. The Morgan fingerprint density at radius 3 is 2.42 bits per heavy atom. The van der Waals surface area contributed by atoms with E-state index < -0.39 is 24.0 Å². The van der Waals surface area contributed by atoms with Crippen LogP contribution < -0.4 is 5.73 Å². The zero-order valence-electron chi connectivity index (χ0n) is 10.4. The van der Waals surface area contributed by atoms with Gasteiger partial charge in [0.2, 0.25) is 6.10 Å². The molecule has 0 aliphatic heterocycles. The number of nitrogen functional groups attached to an aromatic ring is 1. The van der Waals surface area contributed by atoms with Crippen molar-refractivity contribution in [3.05, 3.63) is 29.3 Å². The Hall–Kier alpha value is -2.57. The summed E-state index contributed by atoms with van der Waals surface area (Å²) >= 11 is 0. The van der Waals surface area contributed by atoms with Gasteiger partial charge in [-0.3, -0.25) is 4.79 Å². The summed E-state index contributed by atoms with van der Waals surface area (Å²) in [6.45, 7) is 1.10. The second-order valence-corrected chi connectivity index (χ2v) is 3.66. The van der Waals surface area contributed by atoms with Crippen LogP contribution >= 0.6 is 0 Å². The maximum Gasteiger partial charge on any atom is 0.351 e. The smallest absolute Gasteiger partial charge is 0.351 e. The fourth-order valence-corrected chi connectivity index (χ4v) is 1.50. The number of carboxylic acid groups (broad SMARTS) is 1. The molecular weight excluding hydrogens is 254 g/mol. The summed E-state index contributed by atoms with van der Waals surface area (Å²) in [5.41, 5.74) is 5.48. The summed E-state index contributed by atoms with van der Waals surface area (Å²) < 4.78 is 9.29. The minimum Gasteiger partial charge on any atom is -0.478 e. The molecule has 0 unspecified atom stereocenters. The van der Waals surface area contributed by atoms with E-state index in [1.54, 1.807) is 0 Å². The van der Waals surface area contributed by atoms with Crippen molar-refractivity contribution in [1.82, 2.24) is 0 Å². The highest BCUT2D eigenvalue weighted by molar-refractivity contribution is 5.93. The van der Waals surface area contributed by atoms with Gasteiger partial charge in [-0.15, -0.1) is 0 Å². The van der Waals surface area contributed by atoms with Crippen molar-refractivity contribution in [2.24, 2.45) is 0 Å². The maximum atomic E-state index is 11.6. The zero-order valence-corrected chi connectivity index (χ0v) is 10.4. The quantitative estimate of drug-likeness (QED) is 0.610. The Balaban J connectivity index is 3.32. The summed E-state index contributed by atoms with van der Waals surface area (Å²) in [7, 11) is 1.11. The Kier molecular flexibility index (Phi) is 4.46. The van der Waals surface area contributed by atoms with Crippen LogP contribution in [0.25, 0.3) is 0 Å². The number of benzene rings is 1. The number of carboxylic acids is 1. The van der Waals surface area contributed by atoms with E-state index in [4.69, 9.17) is 15.6 Å². The number of methoxy groups -OCH3 is 1. The number of nitrogens with two attached hydrogens (primary N) is 1. The molecule has 0 radical (unpaired) electrons. The van der Waals surface area contributed by atoms with Crippen molar-refractivity contribution in [2.45, 2.75) is 13.0 Å². The van der Waals surface area contributed by atoms with Crippen molar-refractivity contribution >= 4 is 23.6 Å². The molecule has 19 heavy (non-hydrogen) atoms. The Morgan fingerprint density at radius 2 is 1.95 bits per heavy atom. The fraction of sp³-hybridized carbons (Fsp3) is 0.250. The highest BCUT2D eigenvalue weighted by Gasteiger charge is 2.29. The lowest BCUT2D eigenvalue weighted by molar-refractivity contribution is -0.165. The minimum absolute atomic E-state index is 0.00347. The maximum absolute atomic E-state index is 11.6. The van der Waals surface area contributed by atoms with Crippen LogP contribution in [0.2, 0.25) is 0 Å². The van der Waals surface area contributed by atoms with Gasteiger partial charge in [0.15, 0.2) is 0 Å². The third-order valence-electron chi connectivity index (χ3n) is 2.29. The Bertz CT molecular complexity index is 525. The summed E-state index contributed by atoms with van der Waals surface area (Å²) in [6, 6.07) is 3.89. The Labute approximate surface area is 108 Å². The summed E-state index contributed by atoms with van der Waals surface area (Å²) in [5, 5.41) is 9.08. The molecule has 0 saturated heterocycles. The van der Waals surface area contributed by atoms with Crippen molar-refractivity contribution in [2.75, 3.05) is 12.8 Å². The van der Waals surface area contributed by atoms with E-state index in [0.717, 1.165) is 14.0 Å². The first-order chi connectivity index (χ1) is 8.86. The molecule has 0 heterocycles. The average Bonchev–Trinajstić information content (AvgIpc) is 2.35. The monoisotopic (exact) mass is 267 g/mol. The summed E-state index contributed by atoms with van der Waals surface area (Å²) in [4.78, 5) is 33.7. The van der Waals surface area contributed by atoms with Crippen LogP contribution in [-0.2, 0) is 19.1 Å². The van der Waals surface area contributed by atoms with E-state index in [1.165, 1.54) is 18.2 Å². The summed E-state index contributed by atoms with van der Waals surface area (Å²) in [5.74, 6) is -2.89. The minimum atomic E-state index is -1.44. The Morgan fingerprint density at radius 1 is 1.32 bits per heavy atom. The van der Waals surface area contributed by atoms with Crippen molar-refractivity contribution in [3.63, 3.8) is 0 Å². The number of aromatic carboxylic acids is 1. The van der Waals surface area contributed by atoms with Gasteiger partial charge in [0.05, 0.1) is 12.7 Å². The lowest BCUT2D eigenvalue weighted by atomic mass is 10.0. The standard InChI is InChI=1S/C12H13NO6/c1-6(14)19-10(12(17)18-2)8-4-3-7(13)5-9(8)11(15)16/h3-5,10H,13H2,1-2H3,(H,15,16)/t10-/m1/s1. The normalized spacial score (nSPS) is 11.5. The third kappa shape index (κ3) is 3.44. The van der Waals surface area contributed by atoms with Crippen LogP contribution in [0, 0.1) is 0 Å². The molecule has 0 fully saturated rings. The van der Waals surface area contributed by atoms with Gasteiger partial charge in [-0.25, -0.2) is 9.59 Å². The third-order valence-corrected chi connectivity index (χ3v) is 2.29. The van der Waals surface area contributed by atoms with E-state index in [1.807, 2.05) is 0 Å². The van der Waals surface area contributed by atoms with E-state index in [9.17, 15) is 14.4 Å². The molecule has 1 aromatic rings. The molecule has 1 aromatic carbocycles. The van der Waals surface area contributed by atoms with Gasteiger partial charge in [0.1, 0.15) is 0 Å². The van der Waals surface area contributed by atoms with Crippen LogP contribution in [0.3, 0.4) is 0 Å². The number of hydrogen-bond acceptors (Lipinski definition) is 6. The molecule has 3 N–H and O–H groups in total. The van der Waals surface area contributed by atoms with Gasteiger partial charge in [-0.05, 0) is 12.1 Å². The molecule has 7 heteroatoms. The van der Waals surface area contributed by atoms with Crippen molar-refractivity contribution in [3.8, 4) is 0 Å². The summed E-state index contributed by atoms with van der Waals surface area (Å²) in [6.07, 6.45) is -1.44. The first-order valence-electron chi connectivity index (χ1n) is 5.24. The van der Waals surface area contributed by atoms with Crippen LogP contribution in [0.4, 0.5) is 5.69 Å². The predicted molar refractivity (Wildman–Crippen MR) is 64.3 cm³/mol. The first-order valence-corrected chi connectivity index (χ1v) is 5.24. The topological polar surface area (TPSA) is 116 Å². The van der Waals surface area contributed by atoms with Gasteiger partial charge in [-0.2, -0.15) is 0 Å². The van der Waals surface area contributed by atoms with Gasteiger partial charge in [0.25, 0.3) is 0 Å². The molecule has 1 atom stereocenters. The SMILES string of the molecule is COC(=O)[C@H](OC(C)=O)c1ccc(N)cc1C(=O)O. The molecule has 0 aliphatic carbocycles. The number of carbonyl (C=O) groups excluding carboxylic acids is 2. The highest BCUT2D eigenvalue weighted by Crippen LogP contribution is 2.25. The highest BCUT2D eigenvalue weighted by atomic mass is 16.6. The van der Waals surface area contributed by atoms with Crippen LogP contribution in [0.5, 0.6) is 0 Å². The van der Waals surface area contributed by atoms with Gasteiger partial charge in [-0.1, -0.05) is 6.07 Å². The second kappa shape index (κ2) is 5.85. The molecule has 102 valence electrons. The molecule has 0 aromatic heterocycles. The largest absolute Gasteiger partial charge is 0.478 e. The molecule has 7 nitrogen and oxygen atoms in total. The second-order valence-electron chi connectivity index (χ2n) is 3.66. The molecule has 0 saturated carbocycles. The number of rotatable bonds is 4. The molecule has 0 bridgehead atoms. The molecular formula is C12H13NO6. The van der Waals surface area contributed by atoms with E-state index in [0.29, 0.717) is 0 Å². The first kappa shape index (κ1) is 14.5. The number of carbonyl (C=O) groups is 3. The average molecular weight is 267 g/mol. The van der Waals surface area contributed by atoms with Crippen LogP contribution in [0.15, 0.2) is 18.2 Å². The van der Waals surface area contributed by atoms with Gasteiger partial charge < -0.3 is 20.3 Å². The van der Waals surface area contributed by atoms with E-state index in [2.05, 4.69) is 4.74 Å². The number of anilines is 1. The van der Waals surface area contributed by atoms with Crippen LogP contribution in [-0.4, -0.2) is 30.1 Å². The number of ether oxygens (including phenoxy) is 2. The lowest BCUT2D eigenvalue weighted by Gasteiger charge is -2.17. The fourth-order valence-electron chi connectivity index (χ4n) is 1.50. The lowest BCUT2D eigenvalue weighted by Crippen LogP contribution is -2.22. The van der Waals surface area contributed by atoms with Crippen LogP contribution in [0.1, 0.15) is 28.9 Å². The molecule has 0 amide bonds. The number of hydrogen-bond donors (Lipinski definition) is 2. The predicted octanol–water partition coefficient (Wildman–Crippen LogP) is 0.744. The van der Waals surface area contributed by atoms with E-state index in [-0.39, 0.29) is 16.8 Å². The number of esters is 2. The molecule has 1 rings (SSSR count). The van der Waals surface area contributed by atoms with Gasteiger partial charge >= 0.3 is 17.9 Å². The molecule has 0 spiro atoms. The molecule has 0 aliphatic rings. The van der Waals surface area contributed by atoms with Gasteiger partial charge in [0, 0.05) is 18.2 Å².